The standard InChI is InChI=1S/C11H6ClN3/c12-11-5-10(7-14-15-11)9-3-1-2-8(4-9)6-13/h1-5,7H. The second kappa shape index (κ2) is 4.07. The molecule has 0 unspecified atom stereocenters. The van der Waals surface area contributed by atoms with E-state index in [1.54, 1.807) is 24.4 Å². The second-order valence-corrected chi connectivity index (χ2v) is 3.35. The van der Waals surface area contributed by atoms with Gasteiger partial charge in [-0.25, -0.2) is 0 Å². The Morgan fingerprint density at radius 1 is 1.20 bits per heavy atom. The maximum atomic E-state index is 8.76. The molecule has 4 heteroatoms. The predicted octanol–water partition coefficient (Wildman–Crippen LogP) is 2.67. The largest absolute Gasteiger partial charge is 0.192 e. The lowest BCUT2D eigenvalue weighted by atomic mass is 10.1. The van der Waals surface area contributed by atoms with E-state index in [2.05, 4.69) is 16.3 Å². The third-order valence-corrected chi connectivity index (χ3v) is 2.13. The van der Waals surface area contributed by atoms with Crippen molar-refractivity contribution in [1.29, 1.82) is 5.26 Å². The van der Waals surface area contributed by atoms with Gasteiger partial charge >= 0.3 is 0 Å². The summed E-state index contributed by atoms with van der Waals surface area (Å²) in [5.41, 5.74) is 2.37. The molecule has 2 rings (SSSR count). The second-order valence-electron chi connectivity index (χ2n) is 2.96. The molecule has 0 radical (unpaired) electrons. The van der Waals surface area contributed by atoms with Crippen molar-refractivity contribution in [3.8, 4) is 17.2 Å². The molecule has 0 spiro atoms. The monoisotopic (exact) mass is 215 g/mol. The van der Waals surface area contributed by atoms with Gasteiger partial charge in [-0.15, -0.1) is 5.10 Å². The lowest BCUT2D eigenvalue weighted by Gasteiger charge is -2.00. The first-order valence-corrected chi connectivity index (χ1v) is 4.66. The van der Waals surface area contributed by atoms with Gasteiger partial charge in [-0.3, -0.25) is 0 Å². The molecule has 2 aromatic rings. The first-order valence-electron chi connectivity index (χ1n) is 4.28. The zero-order valence-electron chi connectivity index (χ0n) is 7.68. The summed E-state index contributed by atoms with van der Waals surface area (Å²) in [6.07, 6.45) is 1.61. The Bertz CT molecular complexity index is 531. The third-order valence-electron chi connectivity index (χ3n) is 1.95. The molecule has 0 N–H and O–H groups in total. The molecule has 0 bridgehead atoms. The minimum absolute atomic E-state index is 0.342. The molecule has 1 aromatic carbocycles. The molecule has 0 saturated carbocycles. The maximum Gasteiger partial charge on any atom is 0.152 e. The first kappa shape index (κ1) is 9.63. The molecular weight excluding hydrogens is 210 g/mol. The average Bonchev–Trinajstić information content (AvgIpc) is 2.29. The van der Waals surface area contributed by atoms with Crippen molar-refractivity contribution in [1.82, 2.24) is 10.2 Å². The molecular formula is C11H6ClN3. The summed E-state index contributed by atoms with van der Waals surface area (Å²) in [6, 6.07) is 11.0. The Balaban J connectivity index is 2.50. The molecule has 0 saturated heterocycles. The molecule has 1 aromatic heterocycles. The van der Waals surface area contributed by atoms with Gasteiger partial charge in [-0.05, 0) is 23.8 Å². The van der Waals surface area contributed by atoms with Crippen molar-refractivity contribution >= 4 is 11.6 Å². The van der Waals surface area contributed by atoms with Crippen LogP contribution in [-0.2, 0) is 0 Å². The summed E-state index contributed by atoms with van der Waals surface area (Å²) in [4.78, 5) is 0. The van der Waals surface area contributed by atoms with Crippen LogP contribution in [0.3, 0.4) is 0 Å². The fourth-order valence-electron chi connectivity index (χ4n) is 1.27. The van der Waals surface area contributed by atoms with Crippen LogP contribution in [0.25, 0.3) is 11.1 Å². The van der Waals surface area contributed by atoms with E-state index in [9.17, 15) is 0 Å². The smallest absolute Gasteiger partial charge is 0.152 e. The molecule has 1 heterocycles. The van der Waals surface area contributed by atoms with Crippen molar-refractivity contribution < 1.29 is 0 Å². The predicted molar refractivity (Wildman–Crippen MR) is 57.2 cm³/mol. The normalized spacial score (nSPS) is 9.60. The molecule has 0 aliphatic heterocycles. The number of nitriles is 1. The van der Waals surface area contributed by atoms with Gasteiger partial charge in [-0.2, -0.15) is 10.4 Å². The molecule has 0 amide bonds. The highest BCUT2D eigenvalue weighted by atomic mass is 35.5. The highest BCUT2D eigenvalue weighted by Crippen LogP contribution is 2.20. The number of aromatic nitrogens is 2. The van der Waals surface area contributed by atoms with Gasteiger partial charge < -0.3 is 0 Å². The Labute approximate surface area is 92.0 Å². The van der Waals surface area contributed by atoms with Gasteiger partial charge in [0.25, 0.3) is 0 Å². The van der Waals surface area contributed by atoms with Crippen LogP contribution in [0.15, 0.2) is 36.5 Å². The fourth-order valence-corrected chi connectivity index (χ4v) is 1.43. The quantitative estimate of drug-likeness (QED) is 0.735. The van der Waals surface area contributed by atoms with Crippen molar-refractivity contribution in [3.05, 3.63) is 47.2 Å². The summed E-state index contributed by atoms with van der Waals surface area (Å²) in [5, 5.41) is 16.5. The number of benzene rings is 1. The minimum Gasteiger partial charge on any atom is -0.192 e. The van der Waals surface area contributed by atoms with Gasteiger partial charge in [0.2, 0.25) is 0 Å². The van der Waals surface area contributed by atoms with Gasteiger partial charge in [0.1, 0.15) is 0 Å². The summed E-state index contributed by atoms with van der Waals surface area (Å²) in [7, 11) is 0. The molecule has 0 aliphatic carbocycles. The Kier molecular flexibility index (Phi) is 2.61. The van der Waals surface area contributed by atoms with E-state index in [0.717, 1.165) is 11.1 Å². The lowest BCUT2D eigenvalue weighted by Crippen LogP contribution is -1.85. The summed E-state index contributed by atoms with van der Waals surface area (Å²) in [5.74, 6) is 0. The molecule has 0 fully saturated rings. The third kappa shape index (κ3) is 2.12. The zero-order valence-corrected chi connectivity index (χ0v) is 8.44. The summed E-state index contributed by atoms with van der Waals surface area (Å²) >= 11 is 5.73. The van der Waals surface area contributed by atoms with Gasteiger partial charge in [0.05, 0.1) is 17.8 Å². The molecule has 3 nitrogen and oxygen atoms in total. The minimum atomic E-state index is 0.342. The molecule has 0 atom stereocenters. The van der Waals surface area contributed by atoms with Crippen LogP contribution in [0.5, 0.6) is 0 Å². The van der Waals surface area contributed by atoms with E-state index in [4.69, 9.17) is 16.9 Å². The number of hydrogen-bond acceptors (Lipinski definition) is 3. The summed E-state index contributed by atoms with van der Waals surface area (Å²) < 4.78 is 0. The van der Waals surface area contributed by atoms with Crippen LogP contribution < -0.4 is 0 Å². The summed E-state index contributed by atoms with van der Waals surface area (Å²) in [6.45, 7) is 0. The molecule has 0 aliphatic rings. The average molecular weight is 216 g/mol. The number of rotatable bonds is 1. The first-order chi connectivity index (χ1) is 7.29. The van der Waals surface area contributed by atoms with Crippen molar-refractivity contribution in [2.75, 3.05) is 0 Å². The van der Waals surface area contributed by atoms with Crippen LogP contribution in [0, 0.1) is 11.3 Å². The maximum absolute atomic E-state index is 8.76. The van der Waals surface area contributed by atoms with Crippen LogP contribution in [0.4, 0.5) is 0 Å². The lowest BCUT2D eigenvalue weighted by molar-refractivity contribution is 1.03. The highest BCUT2D eigenvalue weighted by Gasteiger charge is 2.00. The Morgan fingerprint density at radius 2 is 2.07 bits per heavy atom. The highest BCUT2D eigenvalue weighted by molar-refractivity contribution is 6.29. The van der Waals surface area contributed by atoms with E-state index < -0.39 is 0 Å². The SMILES string of the molecule is N#Cc1cccc(-c2cnnc(Cl)c2)c1. The van der Waals surface area contributed by atoms with Gasteiger partial charge in [0, 0.05) is 5.56 Å². The van der Waals surface area contributed by atoms with Crippen molar-refractivity contribution in [3.63, 3.8) is 0 Å². The van der Waals surface area contributed by atoms with E-state index in [0.29, 0.717) is 10.7 Å². The number of hydrogen-bond donors (Lipinski definition) is 0. The van der Waals surface area contributed by atoms with Crippen LogP contribution >= 0.6 is 11.6 Å². The fraction of sp³-hybridized carbons (Fsp3) is 0. The van der Waals surface area contributed by atoms with Gasteiger partial charge in [0.15, 0.2) is 5.15 Å². The zero-order chi connectivity index (χ0) is 10.7. The molecule has 15 heavy (non-hydrogen) atoms. The van der Waals surface area contributed by atoms with Crippen LogP contribution in [0.2, 0.25) is 5.15 Å². The Morgan fingerprint density at radius 3 is 2.80 bits per heavy atom. The van der Waals surface area contributed by atoms with E-state index in [1.165, 1.54) is 0 Å². The van der Waals surface area contributed by atoms with E-state index in [1.807, 2.05) is 12.1 Å². The van der Waals surface area contributed by atoms with Crippen molar-refractivity contribution in [2.45, 2.75) is 0 Å². The molecule has 72 valence electrons. The number of nitrogens with zero attached hydrogens (tertiary/aromatic N) is 3. The van der Waals surface area contributed by atoms with E-state index >= 15 is 0 Å². The van der Waals surface area contributed by atoms with Crippen LogP contribution in [0.1, 0.15) is 5.56 Å². The van der Waals surface area contributed by atoms with Crippen molar-refractivity contribution in [2.24, 2.45) is 0 Å². The Hall–Kier alpha value is -1.92. The van der Waals surface area contributed by atoms with Gasteiger partial charge in [-0.1, -0.05) is 23.7 Å². The van der Waals surface area contributed by atoms with E-state index in [-0.39, 0.29) is 0 Å². The number of halogens is 1. The van der Waals surface area contributed by atoms with Crippen LogP contribution in [-0.4, -0.2) is 10.2 Å². The topological polar surface area (TPSA) is 49.6 Å².